The van der Waals surface area contributed by atoms with Crippen molar-refractivity contribution in [2.75, 3.05) is 5.32 Å². The van der Waals surface area contributed by atoms with Crippen LogP contribution in [0.15, 0.2) is 88.4 Å². The molecular formula is C27H27BrN4O2. The average molecular weight is 519 g/mol. The number of carbonyl (C=O) groups excluding carboxylic acids is 2. The molecule has 2 N–H and O–H groups in total. The summed E-state index contributed by atoms with van der Waals surface area (Å²) in [7, 11) is 0. The number of hydrazone groups is 1. The van der Waals surface area contributed by atoms with Gasteiger partial charge in [0.1, 0.15) is 0 Å². The molecule has 7 heteroatoms. The molecule has 1 aliphatic heterocycles. The van der Waals surface area contributed by atoms with Gasteiger partial charge in [-0.2, -0.15) is 5.10 Å². The largest absolute Gasteiger partial charge is 0.333 e. The van der Waals surface area contributed by atoms with E-state index in [1.807, 2.05) is 87.5 Å². The minimum atomic E-state index is -0.320. The molecule has 4 rings (SSSR count). The van der Waals surface area contributed by atoms with Crippen molar-refractivity contribution in [2.24, 2.45) is 5.10 Å². The molecule has 0 aliphatic carbocycles. The molecule has 0 spiro atoms. The molecule has 0 saturated carbocycles. The van der Waals surface area contributed by atoms with Crippen molar-refractivity contribution < 1.29 is 9.59 Å². The van der Waals surface area contributed by atoms with Crippen LogP contribution in [0.5, 0.6) is 0 Å². The minimum Gasteiger partial charge on any atom is -0.333 e. The number of carbonyl (C=O) groups is 2. The van der Waals surface area contributed by atoms with Gasteiger partial charge in [0, 0.05) is 27.7 Å². The molecule has 34 heavy (non-hydrogen) atoms. The van der Waals surface area contributed by atoms with Crippen molar-refractivity contribution in [1.29, 1.82) is 0 Å². The molecule has 1 heterocycles. The maximum absolute atomic E-state index is 13.4. The highest BCUT2D eigenvalue weighted by atomic mass is 79.9. The lowest BCUT2D eigenvalue weighted by Gasteiger charge is -2.22. The first kappa shape index (κ1) is 23.7. The zero-order chi connectivity index (χ0) is 24.3. The van der Waals surface area contributed by atoms with E-state index in [0.29, 0.717) is 17.7 Å². The quantitative estimate of drug-likeness (QED) is 0.421. The summed E-state index contributed by atoms with van der Waals surface area (Å²) in [5, 5.41) is 12.0. The van der Waals surface area contributed by atoms with Crippen LogP contribution in [0.1, 0.15) is 54.7 Å². The molecule has 0 radical (unpaired) electrons. The molecule has 6 nitrogen and oxygen atoms in total. The SMILES string of the molecule is CC(C)(C)NC(=O)Nc1ccc(C2=NN(C(=O)c3ccc(Br)cc3)C(c3ccccc3)C2)cc1. The number of nitrogens with zero attached hydrogens (tertiary/aromatic N) is 2. The van der Waals surface area contributed by atoms with Crippen LogP contribution in [0, 0.1) is 0 Å². The highest BCUT2D eigenvalue weighted by Gasteiger charge is 2.33. The molecule has 3 aromatic rings. The van der Waals surface area contributed by atoms with Gasteiger partial charge >= 0.3 is 6.03 Å². The monoisotopic (exact) mass is 518 g/mol. The third-order valence-electron chi connectivity index (χ3n) is 5.36. The number of rotatable bonds is 4. The average Bonchev–Trinajstić information content (AvgIpc) is 3.24. The van der Waals surface area contributed by atoms with E-state index in [1.54, 1.807) is 17.1 Å². The van der Waals surface area contributed by atoms with Gasteiger partial charge in [-0.1, -0.05) is 58.4 Å². The standard InChI is InChI=1S/C27H27BrN4O2/c1-27(2,3)30-26(34)29-22-15-11-18(12-16-22)23-17-24(19-7-5-4-6-8-19)32(31-23)25(33)20-9-13-21(28)14-10-20/h4-16,24H,17H2,1-3H3,(H2,29,30,34). The van der Waals surface area contributed by atoms with E-state index in [-0.39, 0.29) is 23.5 Å². The number of hydrogen-bond donors (Lipinski definition) is 2. The lowest BCUT2D eigenvalue weighted by Crippen LogP contribution is -2.43. The Hall–Kier alpha value is -3.45. The van der Waals surface area contributed by atoms with Crippen LogP contribution < -0.4 is 10.6 Å². The summed E-state index contributed by atoms with van der Waals surface area (Å²) in [6.45, 7) is 5.79. The Morgan fingerprint density at radius 1 is 0.941 bits per heavy atom. The van der Waals surface area contributed by atoms with Gasteiger partial charge in [-0.3, -0.25) is 4.79 Å². The summed E-state index contributed by atoms with van der Waals surface area (Å²) in [4.78, 5) is 25.5. The van der Waals surface area contributed by atoms with Crippen LogP contribution in [0.25, 0.3) is 0 Å². The van der Waals surface area contributed by atoms with Crippen LogP contribution in [0.3, 0.4) is 0 Å². The predicted octanol–water partition coefficient (Wildman–Crippen LogP) is 6.36. The Kier molecular flexibility index (Phi) is 6.84. The van der Waals surface area contributed by atoms with E-state index in [1.165, 1.54) is 0 Å². The Bertz CT molecular complexity index is 1200. The van der Waals surface area contributed by atoms with Gasteiger partial charge in [-0.15, -0.1) is 0 Å². The molecule has 3 amide bonds. The van der Waals surface area contributed by atoms with Crippen LogP contribution >= 0.6 is 15.9 Å². The smallest absolute Gasteiger partial charge is 0.319 e. The fraction of sp³-hybridized carbons (Fsp3) is 0.222. The fourth-order valence-electron chi connectivity index (χ4n) is 3.78. The first-order chi connectivity index (χ1) is 16.2. The maximum atomic E-state index is 13.4. The highest BCUT2D eigenvalue weighted by Crippen LogP contribution is 2.34. The lowest BCUT2D eigenvalue weighted by molar-refractivity contribution is 0.0711. The fourth-order valence-corrected chi connectivity index (χ4v) is 4.04. The molecule has 1 aliphatic rings. The molecular weight excluding hydrogens is 492 g/mol. The molecule has 1 atom stereocenters. The Morgan fingerprint density at radius 2 is 1.59 bits per heavy atom. The predicted molar refractivity (Wildman–Crippen MR) is 139 cm³/mol. The number of benzene rings is 3. The second-order valence-corrected chi connectivity index (χ2v) is 10.2. The van der Waals surface area contributed by atoms with Crippen molar-refractivity contribution in [3.05, 3.63) is 100 Å². The molecule has 3 aromatic carbocycles. The molecule has 0 bridgehead atoms. The minimum absolute atomic E-state index is 0.145. The Labute approximate surface area is 208 Å². The Morgan fingerprint density at radius 3 is 2.21 bits per heavy atom. The first-order valence-corrected chi connectivity index (χ1v) is 11.9. The zero-order valence-electron chi connectivity index (χ0n) is 19.4. The van der Waals surface area contributed by atoms with E-state index in [0.717, 1.165) is 21.3 Å². The first-order valence-electron chi connectivity index (χ1n) is 11.1. The van der Waals surface area contributed by atoms with Crippen molar-refractivity contribution in [3.63, 3.8) is 0 Å². The number of anilines is 1. The number of urea groups is 1. The summed E-state index contributed by atoms with van der Waals surface area (Å²) in [6, 6.07) is 24.3. The van der Waals surface area contributed by atoms with E-state index >= 15 is 0 Å². The van der Waals surface area contributed by atoms with E-state index in [9.17, 15) is 9.59 Å². The van der Waals surface area contributed by atoms with Crippen molar-refractivity contribution in [2.45, 2.75) is 38.8 Å². The normalized spacial score (nSPS) is 15.6. The second kappa shape index (κ2) is 9.81. The number of amides is 3. The number of halogens is 1. The van der Waals surface area contributed by atoms with Gasteiger partial charge in [0.15, 0.2) is 0 Å². The van der Waals surface area contributed by atoms with Crippen LogP contribution in [-0.4, -0.2) is 28.2 Å². The van der Waals surface area contributed by atoms with Gasteiger partial charge in [0.05, 0.1) is 11.8 Å². The maximum Gasteiger partial charge on any atom is 0.319 e. The third kappa shape index (κ3) is 5.72. The summed E-state index contributed by atoms with van der Waals surface area (Å²) in [5.41, 5.74) is 3.72. The van der Waals surface area contributed by atoms with Gasteiger partial charge in [-0.25, -0.2) is 9.80 Å². The molecule has 0 aromatic heterocycles. The van der Waals surface area contributed by atoms with Gasteiger partial charge in [0.25, 0.3) is 5.91 Å². The summed E-state index contributed by atoms with van der Waals surface area (Å²) < 4.78 is 0.916. The third-order valence-corrected chi connectivity index (χ3v) is 5.89. The van der Waals surface area contributed by atoms with Crippen LogP contribution in [0.4, 0.5) is 10.5 Å². The number of hydrogen-bond acceptors (Lipinski definition) is 3. The Balaban J connectivity index is 1.57. The van der Waals surface area contributed by atoms with Crippen molar-refractivity contribution in [1.82, 2.24) is 10.3 Å². The zero-order valence-corrected chi connectivity index (χ0v) is 21.0. The summed E-state index contributed by atoms with van der Waals surface area (Å²) >= 11 is 3.42. The van der Waals surface area contributed by atoms with E-state index in [2.05, 4.69) is 26.6 Å². The van der Waals surface area contributed by atoms with Crippen LogP contribution in [0.2, 0.25) is 0 Å². The van der Waals surface area contributed by atoms with Crippen LogP contribution in [-0.2, 0) is 0 Å². The van der Waals surface area contributed by atoms with E-state index in [4.69, 9.17) is 5.10 Å². The topological polar surface area (TPSA) is 73.8 Å². The molecule has 1 unspecified atom stereocenters. The van der Waals surface area contributed by atoms with E-state index < -0.39 is 0 Å². The lowest BCUT2D eigenvalue weighted by atomic mass is 9.98. The molecule has 174 valence electrons. The molecule has 0 saturated heterocycles. The highest BCUT2D eigenvalue weighted by molar-refractivity contribution is 9.10. The summed E-state index contributed by atoms with van der Waals surface area (Å²) in [5.74, 6) is -0.145. The molecule has 0 fully saturated rings. The van der Waals surface area contributed by atoms with Gasteiger partial charge in [0.2, 0.25) is 0 Å². The van der Waals surface area contributed by atoms with Gasteiger partial charge < -0.3 is 10.6 Å². The summed E-state index contributed by atoms with van der Waals surface area (Å²) in [6.07, 6.45) is 0.601. The van der Waals surface area contributed by atoms with Crippen molar-refractivity contribution >= 4 is 39.3 Å². The van der Waals surface area contributed by atoms with Crippen molar-refractivity contribution in [3.8, 4) is 0 Å². The van der Waals surface area contributed by atoms with Gasteiger partial charge in [-0.05, 0) is 68.3 Å². The second-order valence-electron chi connectivity index (χ2n) is 9.24. The number of nitrogens with one attached hydrogen (secondary N) is 2.